The number of carbonyl (C=O) groups excluding carboxylic acids is 1. The van der Waals surface area contributed by atoms with Gasteiger partial charge in [0.25, 0.3) is 0 Å². The standard InChI is InChI=1S/C8H16N2OS2/c1-3-6(4-7(9)12)10-8(11)5-13-2/h6H,3-5H2,1-2H3,(H2,9,12)(H,10,11). The summed E-state index contributed by atoms with van der Waals surface area (Å²) in [5.74, 6) is 0.545. The second kappa shape index (κ2) is 7.15. The van der Waals surface area contributed by atoms with Gasteiger partial charge in [-0.2, -0.15) is 11.8 Å². The van der Waals surface area contributed by atoms with Crippen LogP contribution in [0.4, 0.5) is 0 Å². The third-order valence-electron chi connectivity index (χ3n) is 1.58. The average molecular weight is 220 g/mol. The fourth-order valence-corrected chi connectivity index (χ4v) is 1.49. The van der Waals surface area contributed by atoms with Crippen molar-refractivity contribution >= 4 is 34.9 Å². The second-order valence-corrected chi connectivity index (χ2v) is 4.17. The largest absolute Gasteiger partial charge is 0.393 e. The van der Waals surface area contributed by atoms with E-state index >= 15 is 0 Å². The molecule has 13 heavy (non-hydrogen) atoms. The fourth-order valence-electron chi connectivity index (χ4n) is 0.941. The van der Waals surface area contributed by atoms with Crippen LogP contribution >= 0.6 is 24.0 Å². The molecular formula is C8H16N2OS2. The Hall–Kier alpha value is -0.290. The molecule has 0 fully saturated rings. The summed E-state index contributed by atoms with van der Waals surface area (Å²) < 4.78 is 0. The molecule has 0 aromatic heterocycles. The zero-order valence-corrected chi connectivity index (χ0v) is 9.63. The van der Waals surface area contributed by atoms with Crippen molar-refractivity contribution in [2.24, 2.45) is 5.73 Å². The van der Waals surface area contributed by atoms with Crippen molar-refractivity contribution < 1.29 is 4.79 Å². The number of thioether (sulfide) groups is 1. The summed E-state index contributed by atoms with van der Waals surface area (Å²) in [4.78, 5) is 11.6. The van der Waals surface area contributed by atoms with Crippen LogP contribution < -0.4 is 11.1 Å². The molecule has 5 heteroatoms. The SMILES string of the molecule is CCC(CC(N)=S)NC(=O)CSC. The lowest BCUT2D eigenvalue weighted by molar-refractivity contribution is -0.119. The van der Waals surface area contributed by atoms with Crippen LogP contribution in [0.1, 0.15) is 19.8 Å². The lowest BCUT2D eigenvalue weighted by Crippen LogP contribution is -2.37. The predicted molar refractivity (Wildman–Crippen MR) is 62.0 cm³/mol. The average Bonchev–Trinajstić information content (AvgIpc) is 2.02. The molecule has 0 heterocycles. The van der Waals surface area contributed by atoms with E-state index in [1.807, 2.05) is 13.2 Å². The van der Waals surface area contributed by atoms with Crippen molar-refractivity contribution in [3.05, 3.63) is 0 Å². The molecule has 0 rings (SSSR count). The van der Waals surface area contributed by atoms with E-state index in [1.165, 1.54) is 11.8 Å². The molecule has 0 saturated heterocycles. The van der Waals surface area contributed by atoms with Gasteiger partial charge in [-0.25, -0.2) is 0 Å². The Morgan fingerprint density at radius 3 is 2.69 bits per heavy atom. The molecule has 0 spiro atoms. The van der Waals surface area contributed by atoms with E-state index in [9.17, 15) is 4.79 Å². The summed E-state index contributed by atoms with van der Waals surface area (Å²) in [6, 6.07) is 0.0946. The van der Waals surface area contributed by atoms with Crippen LogP contribution in [-0.4, -0.2) is 28.9 Å². The fraction of sp³-hybridized carbons (Fsp3) is 0.750. The minimum absolute atomic E-state index is 0.0515. The van der Waals surface area contributed by atoms with E-state index in [2.05, 4.69) is 5.32 Å². The monoisotopic (exact) mass is 220 g/mol. The van der Waals surface area contributed by atoms with Gasteiger partial charge >= 0.3 is 0 Å². The van der Waals surface area contributed by atoms with E-state index in [-0.39, 0.29) is 11.9 Å². The summed E-state index contributed by atoms with van der Waals surface area (Å²) in [5, 5.41) is 2.87. The smallest absolute Gasteiger partial charge is 0.230 e. The van der Waals surface area contributed by atoms with Crippen molar-refractivity contribution in [1.82, 2.24) is 5.32 Å². The van der Waals surface area contributed by atoms with E-state index in [4.69, 9.17) is 18.0 Å². The molecule has 76 valence electrons. The number of carbonyl (C=O) groups is 1. The zero-order valence-electron chi connectivity index (χ0n) is 8.00. The number of rotatable bonds is 6. The Bertz CT molecular complexity index is 185. The molecule has 1 atom stereocenters. The number of amides is 1. The summed E-state index contributed by atoms with van der Waals surface area (Å²) in [6.45, 7) is 2.00. The molecule has 0 aliphatic rings. The maximum absolute atomic E-state index is 11.2. The second-order valence-electron chi connectivity index (χ2n) is 2.78. The summed E-state index contributed by atoms with van der Waals surface area (Å²) in [7, 11) is 0. The molecule has 0 bridgehead atoms. The topological polar surface area (TPSA) is 55.1 Å². The molecule has 0 aliphatic heterocycles. The molecule has 0 aromatic carbocycles. The first-order chi connectivity index (χ1) is 6.10. The number of thiocarbonyl (C=S) groups is 1. The Balaban J connectivity index is 3.83. The van der Waals surface area contributed by atoms with Gasteiger partial charge in [0.2, 0.25) is 5.91 Å². The highest BCUT2D eigenvalue weighted by Crippen LogP contribution is 1.99. The van der Waals surface area contributed by atoms with Gasteiger partial charge in [-0.1, -0.05) is 19.1 Å². The van der Waals surface area contributed by atoms with Crippen molar-refractivity contribution in [2.75, 3.05) is 12.0 Å². The van der Waals surface area contributed by atoms with Gasteiger partial charge in [-0.3, -0.25) is 4.79 Å². The van der Waals surface area contributed by atoms with Crippen LogP contribution in [0, 0.1) is 0 Å². The maximum atomic E-state index is 11.2. The third-order valence-corrected chi connectivity index (χ3v) is 2.30. The number of nitrogens with one attached hydrogen (secondary N) is 1. The van der Waals surface area contributed by atoms with Crippen LogP contribution in [0.2, 0.25) is 0 Å². The van der Waals surface area contributed by atoms with Gasteiger partial charge in [0.05, 0.1) is 10.7 Å². The molecule has 3 N–H and O–H groups in total. The Kier molecular flexibility index (Phi) is 6.99. The lowest BCUT2D eigenvalue weighted by Gasteiger charge is -2.15. The summed E-state index contributed by atoms with van der Waals surface area (Å²) >= 11 is 6.28. The highest BCUT2D eigenvalue weighted by atomic mass is 32.2. The van der Waals surface area contributed by atoms with Gasteiger partial charge in [0.15, 0.2) is 0 Å². The van der Waals surface area contributed by atoms with Crippen LogP contribution in [-0.2, 0) is 4.79 Å². The molecule has 0 aliphatic carbocycles. The van der Waals surface area contributed by atoms with Gasteiger partial charge < -0.3 is 11.1 Å². The quantitative estimate of drug-likeness (QED) is 0.654. The van der Waals surface area contributed by atoms with E-state index < -0.39 is 0 Å². The molecule has 0 aromatic rings. The van der Waals surface area contributed by atoms with Crippen LogP contribution in [0.25, 0.3) is 0 Å². The summed E-state index contributed by atoms with van der Waals surface area (Å²) in [6.07, 6.45) is 3.34. The van der Waals surface area contributed by atoms with E-state index in [1.54, 1.807) is 0 Å². The molecular weight excluding hydrogens is 204 g/mol. The summed E-state index contributed by atoms with van der Waals surface area (Å²) in [5.41, 5.74) is 5.39. The number of nitrogens with two attached hydrogens (primary N) is 1. The molecule has 1 unspecified atom stereocenters. The predicted octanol–water partition coefficient (Wildman–Crippen LogP) is 0.920. The van der Waals surface area contributed by atoms with Crippen molar-refractivity contribution in [1.29, 1.82) is 0 Å². The maximum Gasteiger partial charge on any atom is 0.230 e. The van der Waals surface area contributed by atoms with E-state index in [0.29, 0.717) is 17.2 Å². The minimum Gasteiger partial charge on any atom is -0.393 e. The van der Waals surface area contributed by atoms with Crippen molar-refractivity contribution in [2.45, 2.75) is 25.8 Å². The van der Waals surface area contributed by atoms with Gasteiger partial charge in [0.1, 0.15) is 0 Å². The van der Waals surface area contributed by atoms with Gasteiger partial charge in [0, 0.05) is 12.5 Å². The zero-order chi connectivity index (χ0) is 10.3. The lowest BCUT2D eigenvalue weighted by atomic mass is 10.1. The van der Waals surface area contributed by atoms with E-state index in [0.717, 1.165) is 6.42 Å². The van der Waals surface area contributed by atoms with Crippen LogP contribution in [0.5, 0.6) is 0 Å². The van der Waals surface area contributed by atoms with Gasteiger partial charge in [-0.15, -0.1) is 0 Å². The molecule has 3 nitrogen and oxygen atoms in total. The first-order valence-corrected chi connectivity index (χ1v) is 5.97. The highest BCUT2D eigenvalue weighted by molar-refractivity contribution is 7.99. The normalized spacial score (nSPS) is 12.2. The number of hydrogen-bond acceptors (Lipinski definition) is 3. The first kappa shape index (κ1) is 12.7. The Morgan fingerprint density at radius 1 is 1.69 bits per heavy atom. The molecule has 1 amide bonds. The van der Waals surface area contributed by atoms with Crippen molar-refractivity contribution in [3.63, 3.8) is 0 Å². The van der Waals surface area contributed by atoms with Gasteiger partial charge in [-0.05, 0) is 12.7 Å². The molecule has 0 radical (unpaired) electrons. The van der Waals surface area contributed by atoms with Crippen molar-refractivity contribution in [3.8, 4) is 0 Å². The third kappa shape index (κ3) is 6.83. The Labute approximate surface area is 88.8 Å². The first-order valence-electron chi connectivity index (χ1n) is 4.16. The number of hydrogen-bond donors (Lipinski definition) is 2. The van der Waals surface area contributed by atoms with Crippen LogP contribution in [0.15, 0.2) is 0 Å². The molecule has 0 saturated carbocycles. The Morgan fingerprint density at radius 2 is 2.31 bits per heavy atom. The van der Waals surface area contributed by atoms with Crippen LogP contribution in [0.3, 0.4) is 0 Å². The minimum atomic E-state index is 0.0515. The highest BCUT2D eigenvalue weighted by Gasteiger charge is 2.10.